The summed E-state index contributed by atoms with van der Waals surface area (Å²) in [6.45, 7) is 7.87. The molecule has 1 rings (SSSR count). The van der Waals surface area contributed by atoms with Crippen LogP contribution in [0.2, 0.25) is 0 Å². The van der Waals surface area contributed by atoms with E-state index in [4.69, 9.17) is 5.73 Å². The number of nitrogens with zero attached hydrogens (tertiary/aromatic N) is 1. The minimum atomic E-state index is -0.350. The molecular formula is C12H24N2O2. The molecule has 3 N–H and O–H groups in total. The summed E-state index contributed by atoms with van der Waals surface area (Å²) in [5.74, 6) is -0.000671. The quantitative estimate of drug-likeness (QED) is 0.743. The first-order valence-electron chi connectivity index (χ1n) is 6.00. The predicted molar refractivity (Wildman–Crippen MR) is 63.8 cm³/mol. The second-order valence-electron chi connectivity index (χ2n) is 5.92. The number of rotatable bonds is 3. The third-order valence-electron chi connectivity index (χ3n) is 2.97. The monoisotopic (exact) mass is 228 g/mol. The van der Waals surface area contributed by atoms with Gasteiger partial charge in [-0.15, -0.1) is 0 Å². The maximum atomic E-state index is 12.1. The number of likely N-dealkylation sites (tertiary alicyclic amines) is 1. The van der Waals surface area contributed by atoms with E-state index in [1.807, 2.05) is 0 Å². The van der Waals surface area contributed by atoms with Crippen LogP contribution in [0, 0.1) is 11.3 Å². The smallest absolute Gasteiger partial charge is 0.227 e. The Bertz CT molecular complexity index is 248. The number of β-amino-alcohol motifs (C(OH)–C–C–N with tert-alkyl or cyclic N) is 1. The van der Waals surface area contributed by atoms with Crippen molar-refractivity contribution >= 4 is 5.91 Å². The van der Waals surface area contributed by atoms with E-state index in [1.54, 1.807) is 4.90 Å². The molecule has 1 unspecified atom stereocenters. The first-order chi connectivity index (χ1) is 7.33. The SMILES string of the molecule is CC(C)(C)CC(CN)C(=O)N1CC[C@H](O)C1. The molecule has 0 aromatic heterocycles. The molecule has 0 aliphatic carbocycles. The van der Waals surface area contributed by atoms with Gasteiger partial charge in [-0.2, -0.15) is 0 Å². The van der Waals surface area contributed by atoms with Crippen LogP contribution in [0.15, 0.2) is 0 Å². The van der Waals surface area contributed by atoms with Gasteiger partial charge in [0.15, 0.2) is 0 Å². The molecule has 4 heteroatoms. The predicted octanol–water partition coefficient (Wildman–Crippen LogP) is 0.591. The van der Waals surface area contributed by atoms with Crippen LogP contribution >= 0.6 is 0 Å². The number of aliphatic hydroxyl groups is 1. The Hall–Kier alpha value is -0.610. The number of hydrogen-bond donors (Lipinski definition) is 2. The Morgan fingerprint density at radius 1 is 1.56 bits per heavy atom. The van der Waals surface area contributed by atoms with Crippen molar-refractivity contribution in [3.05, 3.63) is 0 Å². The van der Waals surface area contributed by atoms with E-state index < -0.39 is 0 Å². The zero-order valence-corrected chi connectivity index (χ0v) is 10.6. The van der Waals surface area contributed by atoms with E-state index in [2.05, 4.69) is 20.8 Å². The molecular weight excluding hydrogens is 204 g/mol. The molecule has 4 nitrogen and oxygen atoms in total. The standard InChI is InChI=1S/C12H24N2O2/c1-12(2,3)6-9(7-13)11(16)14-5-4-10(15)8-14/h9-10,15H,4-8,13H2,1-3H3/t9?,10-/m0/s1. The van der Waals surface area contributed by atoms with Crippen LogP contribution in [0.1, 0.15) is 33.6 Å². The highest BCUT2D eigenvalue weighted by Gasteiger charge is 2.31. The van der Waals surface area contributed by atoms with E-state index in [0.717, 1.165) is 6.42 Å². The van der Waals surface area contributed by atoms with Gasteiger partial charge in [0.05, 0.1) is 12.0 Å². The summed E-state index contributed by atoms with van der Waals surface area (Å²) in [6.07, 6.45) is 1.14. The van der Waals surface area contributed by atoms with Crippen LogP contribution < -0.4 is 5.73 Å². The first kappa shape index (κ1) is 13.5. The van der Waals surface area contributed by atoms with Crippen LogP contribution in [0.3, 0.4) is 0 Å². The summed E-state index contributed by atoms with van der Waals surface area (Å²) in [5.41, 5.74) is 5.78. The van der Waals surface area contributed by atoms with Crippen molar-refractivity contribution in [2.75, 3.05) is 19.6 Å². The summed E-state index contributed by atoms with van der Waals surface area (Å²) >= 11 is 0. The van der Waals surface area contributed by atoms with Crippen molar-refractivity contribution in [1.29, 1.82) is 0 Å². The summed E-state index contributed by atoms with van der Waals surface area (Å²) < 4.78 is 0. The second-order valence-corrected chi connectivity index (χ2v) is 5.92. The Morgan fingerprint density at radius 3 is 2.56 bits per heavy atom. The van der Waals surface area contributed by atoms with Crippen LogP contribution in [0.25, 0.3) is 0 Å². The Balaban J connectivity index is 2.56. The molecule has 1 aliphatic heterocycles. The lowest BCUT2D eigenvalue weighted by Crippen LogP contribution is -2.39. The second kappa shape index (κ2) is 5.15. The van der Waals surface area contributed by atoms with Crippen molar-refractivity contribution in [2.24, 2.45) is 17.1 Å². The number of nitrogens with two attached hydrogens (primary N) is 1. The molecule has 1 saturated heterocycles. The van der Waals surface area contributed by atoms with E-state index in [0.29, 0.717) is 26.1 Å². The average Bonchev–Trinajstić information content (AvgIpc) is 2.58. The van der Waals surface area contributed by atoms with Gasteiger partial charge in [-0.3, -0.25) is 4.79 Å². The van der Waals surface area contributed by atoms with E-state index in [1.165, 1.54) is 0 Å². The van der Waals surface area contributed by atoms with Crippen molar-refractivity contribution in [2.45, 2.75) is 39.7 Å². The molecule has 0 spiro atoms. The van der Waals surface area contributed by atoms with E-state index >= 15 is 0 Å². The third-order valence-corrected chi connectivity index (χ3v) is 2.97. The van der Waals surface area contributed by atoms with E-state index in [9.17, 15) is 9.90 Å². The molecule has 94 valence electrons. The fourth-order valence-electron chi connectivity index (χ4n) is 2.21. The third kappa shape index (κ3) is 3.76. The largest absolute Gasteiger partial charge is 0.391 e. The molecule has 1 aliphatic rings. The normalized spacial score (nSPS) is 23.6. The molecule has 0 aromatic carbocycles. The highest BCUT2D eigenvalue weighted by molar-refractivity contribution is 5.79. The summed E-state index contributed by atoms with van der Waals surface area (Å²) in [6, 6.07) is 0. The van der Waals surface area contributed by atoms with Gasteiger partial charge >= 0.3 is 0 Å². The van der Waals surface area contributed by atoms with Gasteiger partial charge in [-0.25, -0.2) is 0 Å². The molecule has 2 atom stereocenters. The number of carbonyl (C=O) groups excluding carboxylic acids is 1. The van der Waals surface area contributed by atoms with Gasteiger partial charge < -0.3 is 15.7 Å². The Kier molecular flexibility index (Phi) is 4.33. The molecule has 0 bridgehead atoms. The topological polar surface area (TPSA) is 66.6 Å². The van der Waals surface area contributed by atoms with Crippen molar-refractivity contribution in [1.82, 2.24) is 4.90 Å². The summed E-state index contributed by atoms with van der Waals surface area (Å²) in [5, 5.41) is 9.41. The van der Waals surface area contributed by atoms with Crippen LogP contribution in [0.4, 0.5) is 0 Å². The number of amides is 1. The lowest BCUT2D eigenvalue weighted by Gasteiger charge is -2.27. The average molecular weight is 228 g/mol. The van der Waals surface area contributed by atoms with Gasteiger partial charge in [0.2, 0.25) is 5.91 Å². The number of carbonyl (C=O) groups is 1. The first-order valence-corrected chi connectivity index (χ1v) is 6.00. The minimum Gasteiger partial charge on any atom is -0.391 e. The van der Waals surface area contributed by atoms with Crippen molar-refractivity contribution in [3.63, 3.8) is 0 Å². The number of aliphatic hydroxyl groups excluding tert-OH is 1. The fraction of sp³-hybridized carbons (Fsp3) is 0.917. The molecule has 1 heterocycles. The van der Waals surface area contributed by atoms with E-state index in [-0.39, 0.29) is 23.3 Å². The Labute approximate surface area is 97.8 Å². The van der Waals surface area contributed by atoms with Gasteiger partial charge in [-0.05, 0) is 18.3 Å². The highest BCUT2D eigenvalue weighted by Crippen LogP contribution is 2.26. The zero-order valence-electron chi connectivity index (χ0n) is 10.6. The van der Waals surface area contributed by atoms with Gasteiger partial charge in [0.25, 0.3) is 0 Å². The lowest BCUT2D eigenvalue weighted by atomic mass is 9.84. The molecule has 1 amide bonds. The lowest BCUT2D eigenvalue weighted by molar-refractivity contribution is -0.135. The Morgan fingerprint density at radius 2 is 2.19 bits per heavy atom. The maximum Gasteiger partial charge on any atom is 0.227 e. The summed E-state index contributed by atoms with van der Waals surface area (Å²) in [4.78, 5) is 13.9. The van der Waals surface area contributed by atoms with Crippen molar-refractivity contribution in [3.8, 4) is 0 Å². The van der Waals surface area contributed by atoms with Gasteiger partial charge in [-0.1, -0.05) is 20.8 Å². The molecule has 16 heavy (non-hydrogen) atoms. The maximum absolute atomic E-state index is 12.1. The van der Waals surface area contributed by atoms with Gasteiger partial charge in [0.1, 0.15) is 0 Å². The molecule has 0 saturated carbocycles. The molecule has 0 aromatic rings. The van der Waals surface area contributed by atoms with Crippen molar-refractivity contribution < 1.29 is 9.90 Å². The fourth-order valence-corrected chi connectivity index (χ4v) is 2.21. The molecule has 0 radical (unpaired) electrons. The summed E-state index contributed by atoms with van der Waals surface area (Å²) in [7, 11) is 0. The highest BCUT2D eigenvalue weighted by atomic mass is 16.3. The van der Waals surface area contributed by atoms with Gasteiger partial charge in [0, 0.05) is 19.6 Å². The van der Waals surface area contributed by atoms with Crippen LogP contribution in [-0.4, -0.2) is 41.7 Å². The molecule has 1 fully saturated rings. The van der Waals surface area contributed by atoms with Crippen LogP contribution in [-0.2, 0) is 4.79 Å². The minimum absolute atomic E-state index is 0.106. The number of hydrogen-bond acceptors (Lipinski definition) is 3. The zero-order chi connectivity index (χ0) is 12.3. The van der Waals surface area contributed by atoms with Crippen LogP contribution in [0.5, 0.6) is 0 Å².